The molecule has 120 valence electrons. The van der Waals surface area contributed by atoms with E-state index in [1.165, 1.54) is 24.4 Å². The Morgan fingerprint density at radius 2 is 2.09 bits per heavy atom. The summed E-state index contributed by atoms with van der Waals surface area (Å²) in [5.74, 6) is -2.06. The maximum absolute atomic E-state index is 13.6. The zero-order valence-corrected chi connectivity index (χ0v) is 12.1. The zero-order chi connectivity index (χ0) is 16.2. The fraction of sp³-hybridized carbons (Fsp3) is 0.250. The molecule has 3 rings (SSSR count). The van der Waals surface area contributed by atoms with Crippen LogP contribution in [0.5, 0.6) is 5.88 Å². The number of anilines is 1. The zero-order valence-electron chi connectivity index (χ0n) is 12.1. The summed E-state index contributed by atoms with van der Waals surface area (Å²) in [6.07, 6.45) is 2.04. The van der Waals surface area contributed by atoms with Crippen molar-refractivity contribution in [3.05, 3.63) is 53.7 Å². The van der Waals surface area contributed by atoms with E-state index >= 15 is 0 Å². The maximum atomic E-state index is 13.6. The second kappa shape index (κ2) is 6.70. The minimum Gasteiger partial charge on any atom is -0.472 e. The lowest BCUT2D eigenvalue weighted by Gasteiger charge is -2.12. The fourth-order valence-electron chi connectivity index (χ4n) is 2.19. The third-order valence-corrected chi connectivity index (χ3v) is 3.37. The molecule has 5 nitrogen and oxygen atoms in total. The van der Waals surface area contributed by atoms with Crippen molar-refractivity contribution in [1.82, 2.24) is 4.98 Å². The van der Waals surface area contributed by atoms with Gasteiger partial charge in [0, 0.05) is 24.2 Å². The number of ether oxygens (including phenoxy) is 2. The van der Waals surface area contributed by atoms with Crippen LogP contribution in [0.25, 0.3) is 0 Å². The summed E-state index contributed by atoms with van der Waals surface area (Å²) in [6.45, 7) is 1.09. The topological polar surface area (TPSA) is 60.5 Å². The van der Waals surface area contributed by atoms with Gasteiger partial charge < -0.3 is 14.8 Å². The van der Waals surface area contributed by atoms with E-state index in [1.807, 2.05) is 0 Å². The molecule has 1 aliphatic heterocycles. The van der Waals surface area contributed by atoms with Crippen LogP contribution < -0.4 is 10.1 Å². The van der Waals surface area contributed by atoms with Gasteiger partial charge >= 0.3 is 0 Å². The molecule has 1 aromatic carbocycles. The fourth-order valence-corrected chi connectivity index (χ4v) is 2.19. The second-order valence-corrected chi connectivity index (χ2v) is 5.04. The summed E-state index contributed by atoms with van der Waals surface area (Å²) >= 11 is 0. The maximum Gasteiger partial charge on any atom is 0.256 e. The van der Waals surface area contributed by atoms with Crippen LogP contribution in [0.3, 0.4) is 0 Å². The molecule has 1 fully saturated rings. The number of benzene rings is 1. The Morgan fingerprint density at radius 3 is 2.78 bits per heavy atom. The lowest BCUT2D eigenvalue weighted by molar-refractivity contribution is 0.102. The molecular weight excluding hydrogens is 306 g/mol. The number of nitrogens with one attached hydrogen (secondary N) is 1. The molecule has 0 bridgehead atoms. The Kier molecular flexibility index (Phi) is 4.47. The normalized spacial score (nSPS) is 17.0. The van der Waals surface area contributed by atoms with E-state index in [0.717, 1.165) is 18.6 Å². The standard InChI is InChI=1S/C16H14F2N2O3/c17-12-2-1-3-13(18)15(12)20-16(21)10-4-6-19-14(8-10)23-11-5-7-22-9-11/h1-4,6,8,11H,5,7,9H2,(H,20,21)/t11-/m1/s1. The van der Waals surface area contributed by atoms with Crippen molar-refractivity contribution in [2.75, 3.05) is 18.5 Å². The number of hydrogen-bond donors (Lipinski definition) is 1. The van der Waals surface area contributed by atoms with E-state index in [9.17, 15) is 13.6 Å². The van der Waals surface area contributed by atoms with E-state index in [4.69, 9.17) is 9.47 Å². The molecule has 7 heteroatoms. The van der Waals surface area contributed by atoms with Gasteiger partial charge in [0.1, 0.15) is 23.4 Å². The van der Waals surface area contributed by atoms with E-state index in [1.54, 1.807) is 0 Å². The quantitative estimate of drug-likeness (QED) is 0.941. The molecule has 0 radical (unpaired) electrons. The first-order chi connectivity index (χ1) is 11.1. The number of hydrogen-bond acceptors (Lipinski definition) is 4. The summed E-state index contributed by atoms with van der Waals surface area (Å²) in [7, 11) is 0. The van der Waals surface area contributed by atoms with Crippen molar-refractivity contribution in [2.45, 2.75) is 12.5 Å². The van der Waals surface area contributed by atoms with Gasteiger partial charge in [0.15, 0.2) is 0 Å². The molecule has 0 unspecified atom stereocenters. The van der Waals surface area contributed by atoms with E-state index < -0.39 is 23.2 Å². The van der Waals surface area contributed by atoms with Crippen LogP contribution in [0, 0.1) is 11.6 Å². The van der Waals surface area contributed by atoms with Crippen molar-refractivity contribution in [1.29, 1.82) is 0 Å². The number of carbonyl (C=O) groups excluding carboxylic acids is 1. The molecule has 0 saturated carbocycles. The van der Waals surface area contributed by atoms with Crippen LogP contribution in [0.1, 0.15) is 16.8 Å². The highest BCUT2D eigenvalue weighted by atomic mass is 19.1. The summed E-state index contributed by atoms with van der Waals surface area (Å²) in [5, 5.41) is 2.22. The SMILES string of the molecule is O=C(Nc1c(F)cccc1F)c1ccnc(O[C@@H]2CCOC2)c1. The molecular formula is C16H14F2N2O3. The van der Waals surface area contributed by atoms with Crippen molar-refractivity contribution >= 4 is 11.6 Å². The predicted molar refractivity (Wildman–Crippen MR) is 78.4 cm³/mol. The van der Waals surface area contributed by atoms with Gasteiger partial charge in [-0.3, -0.25) is 4.79 Å². The number of rotatable bonds is 4. The summed E-state index contributed by atoms with van der Waals surface area (Å²) in [6, 6.07) is 6.22. The molecule has 2 aromatic rings. The van der Waals surface area contributed by atoms with E-state index in [-0.39, 0.29) is 17.5 Å². The highest BCUT2D eigenvalue weighted by molar-refractivity contribution is 6.04. The molecule has 1 aliphatic rings. The number of amides is 1. The van der Waals surface area contributed by atoms with Crippen LogP contribution >= 0.6 is 0 Å². The Hall–Kier alpha value is -2.54. The van der Waals surface area contributed by atoms with Crippen LogP contribution in [0.4, 0.5) is 14.5 Å². The third-order valence-electron chi connectivity index (χ3n) is 3.37. The van der Waals surface area contributed by atoms with Crippen LogP contribution in [0.15, 0.2) is 36.5 Å². The smallest absolute Gasteiger partial charge is 0.256 e. The molecule has 23 heavy (non-hydrogen) atoms. The van der Waals surface area contributed by atoms with Gasteiger partial charge in [-0.1, -0.05) is 6.07 Å². The lowest BCUT2D eigenvalue weighted by atomic mass is 10.2. The number of pyridine rings is 1. The Balaban J connectivity index is 1.74. The van der Waals surface area contributed by atoms with Gasteiger partial charge in [-0.05, 0) is 18.2 Å². The molecule has 2 heterocycles. The van der Waals surface area contributed by atoms with Gasteiger partial charge in [0.25, 0.3) is 5.91 Å². The first-order valence-corrected chi connectivity index (χ1v) is 7.09. The molecule has 1 atom stereocenters. The van der Waals surface area contributed by atoms with Crippen molar-refractivity contribution in [3.63, 3.8) is 0 Å². The molecule has 1 N–H and O–H groups in total. The highest BCUT2D eigenvalue weighted by Gasteiger charge is 2.19. The van der Waals surface area contributed by atoms with Gasteiger partial charge in [-0.2, -0.15) is 0 Å². The number of nitrogens with zero attached hydrogens (tertiary/aromatic N) is 1. The first kappa shape index (κ1) is 15.4. The van der Waals surface area contributed by atoms with Crippen LogP contribution in [-0.4, -0.2) is 30.2 Å². The highest BCUT2D eigenvalue weighted by Crippen LogP contribution is 2.20. The molecule has 0 spiro atoms. The van der Waals surface area contributed by atoms with Crippen molar-refractivity contribution in [2.24, 2.45) is 0 Å². The predicted octanol–water partition coefficient (Wildman–Crippen LogP) is 2.78. The van der Waals surface area contributed by atoms with Gasteiger partial charge in [0.05, 0.1) is 13.2 Å². The molecule has 1 amide bonds. The van der Waals surface area contributed by atoms with Crippen molar-refractivity contribution < 1.29 is 23.0 Å². The van der Waals surface area contributed by atoms with E-state index in [2.05, 4.69) is 10.3 Å². The molecule has 1 saturated heterocycles. The lowest BCUT2D eigenvalue weighted by Crippen LogP contribution is -2.18. The van der Waals surface area contributed by atoms with Gasteiger partial charge in [-0.25, -0.2) is 13.8 Å². The summed E-state index contributed by atoms with van der Waals surface area (Å²) in [5.41, 5.74) is -0.294. The largest absolute Gasteiger partial charge is 0.472 e. The Labute approximate surface area is 131 Å². The number of halogens is 2. The van der Waals surface area contributed by atoms with Gasteiger partial charge in [-0.15, -0.1) is 0 Å². The number of aromatic nitrogens is 1. The summed E-state index contributed by atoms with van der Waals surface area (Å²) in [4.78, 5) is 16.2. The van der Waals surface area contributed by atoms with Crippen LogP contribution in [-0.2, 0) is 4.74 Å². The molecule has 0 aliphatic carbocycles. The summed E-state index contributed by atoms with van der Waals surface area (Å²) < 4.78 is 37.9. The number of para-hydroxylation sites is 1. The first-order valence-electron chi connectivity index (χ1n) is 7.09. The minimum atomic E-state index is -0.841. The van der Waals surface area contributed by atoms with Gasteiger partial charge in [0.2, 0.25) is 5.88 Å². The third kappa shape index (κ3) is 3.62. The van der Waals surface area contributed by atoms with Crippen LogP contribution in [0.2, 0.25) is 0 Å². The Bertz CT molecular complexity index is 698. The molecule has 1 aromatic heterocycles. The van der Waals surface area contributed by atoms with E-state index in [0.29, 0.717) is 13.2 Å². The van der Waals surface area contributed by atoms with Crippen molar-refractivity contribution in [3.8, 4) is 5.88 Å². The Morgan fingerprint density at radius 1 is 1.30 bits per heavy atom. The average Bonchev–Trinajstić information content (AvgIpc) is 3.04. The number of carbonyl (C=O) groups is 1. The minimum absolute atomic E-state index is 0.107. The monoisotopic (exact) mass is 320 g/mol. The second-order valence-electron chi connectivity index (χ2n) is 5.04. The average molecular weight is 320 g/mol.